The summed E-state index contributed by atoms with van der Waals surface area (Å²) in [5.41, 5.74) is 1.10. The Morgan fingerprint density at radius 3 is 2.63 bits per heavy atom. The number of anilines is 1. The molecule has 0 fully saturated rings. The molecule has 0 bridgehead atoms. The standard InChI is InChI=1S/C22H24FN3O/c1-4-26(3)15(2)20(16-8-6-5-7-9-16)22(27)25-19-11-10-17-14-24-13-12-18(17)21(19)23/h5-15,20H,4H2,1-3H3,(H,25,27)/t15?,20-/m1/s1. The Hall–Kier alpha value is -2.79. The van der Waals surface area contributed by atoms with Crippen molar-refractivity contribution in [1.82, 2.24) is 9.88 Å². The number of benzene rings is 2. The summed E-state index contributed by atoms with van der Waals surface area (Å²) in [5, 5.41) is 3.94. The molecule has 3 rings (SSSR count). The van der Waals surface area contributed by atoms with Crippen LogP contribution in [0.5, 0.6) is 0 Å². The molecule has 0 saturated carbocycles. The van der Waals surface area contributed by atoms with Crippen LogP contribution in [0.1, 0.15) is 25.3 Å². The van der Waals surface area contributed by atoms with E-state index in [9.17, 15) is 9.18 Å². The van der Waals surface area contributed by atoms with Gasteiger partial charge in [-0.1, -0.05) is 43.3 Å². The first-order valence-electron chi connectivity index (χ1n) is 9.11. The van der Waals surface area contributed by atoms with Gasteiger partial charge in [-0.25, -0.2) is 4.39 Å². The van der Waals surface area contributed by atoms with Crippen LogP contribution in [-0.2, 0) is 4.79 Å². The Kier molecular flexibility index (Phi) is 5.81. The molecule has 140 valence electrons. The average molecular weight is 365 g/mol. The summed E-state index contributed by atoms with van der Waals surface area (Å²) in [6.07, 6.45) is 3.15. The molecule has 1 N–H and O–H groups in total. The van der Waals surface area contributed by atoms with Crippen molar-refractivity contribution in [2.24, 2.45) is 0 Å². The predicted octanol–water partition coefficient (Wildman–Crippen LogP) is 4.44. The number of carbonyl (C=O) groups excluding carboxylic acids is 1. The van der Waals surface area contributed by atoms with E-state index >= 15 is 0 Å². The highest BCUT2D eigenvalue weighted by molar-refractivity contribution is 5.98. The van der Waals surface area contributed by atoms with Crippen molar-refractivity contribution < 1.29 is 9.18 Å². The lowest BCUT2D eigenvalue weighted by Gasteiger charge is -2.30. The number of amides is 1. The largest absolute Gasteiger partial charge is 0.323 e. The van der Waals surface area contributed by atoms with Crippen LogP contribution in [0, 0.1) is 5.82 Å². The second-order valence-corrected chi connectivity index (χ2v) is 6.72. The maximum atomic E-state index is 14.9. The van der Waals surface area contributed by atoms with E-state index in [2.05, 4.69) is 15.2 Å². The highest BCUT2D eigenvalue weighted by Gasteiger charge is 2.29. The first kappa shape index (κ1) is 19.0. The summed E-state index contributed by atoms with van der Waals surface area (Å²) in [4.78, 5) is 19.3. The van der Waals surface area contributed by atoms with Crippen molar-refractivity contribution >= 4 is 22.4 Å². The maximum Gasteiger partial charge on any atom is 0.233 e. The smallest absolute Gasteiger partial charge is 0.233 e. The molecule has 0 saturated heterocycles. The average Bonchev–Trinajstić information content (AvgIpc) is 2.70. The molecule has 2 aromatic carbocycles. The fraction of sp³-hybridized carbons (Fsp3) is 0.273. The Bertz CT molecular complexity index is 929. The molecule has 1 amide bonds. The Balaban J connectivity index is 1.94. The van der Waals surface area contributed by atoms with Crippen molar-refractivity contribution in [3.63, 3.8) is 0 Å². The highest BCUT2D eigenvalue weighted by Crippen LogP contribution is 2.28. The molecule has 4 nitrogen and oxygen atoms in total. The molecule has 5 heteroatoms. The summed E-state index contributed by atoms with van der Waals surface area (Å²) < 4.78 is 14.9. The molecule has 27 heavy (non-hydrogen) atoms. The zero-order chi connectivity index (χ0) is 19.4. The Morgan fingerprint density at radius 1 is 1.19 bits per heavy atom. The van der Waals surface area contributed by atoms with E-state index in [0.717, 1.165) is 12.1 Å². The SMILES string of the molecule is CCN(C)C(C)[C@@H](C(=O)Nc1ccc2cnccc2c1F)c1ccccc1. The third-order valence-corrected chi connectivity index (χ3v) is 5.13. The molecular weight excluding hydrogens is 341 g/mol. The van der Waals surface area contributed by atoms with Crippen LogP contribution >= 0.6 is 0 Å². The number of nitrogens with zero attached hydrogens (tertiary/aromatic N) is 2. The number of pyridine rings is 1. The minimum Gasteiger partial charge on any atom is -0.323 e. The van der Waals surface area contributed by atoms with Gasteiger partial charge in [-0.15, -0.1) is 0 Å². The predicted molar refractivity (Wildman–Crippen MR) is 107 cm³/mol. The number of hydrogen-bond donors (Lipinski definition) is 1. The maximum absolute atomic E-state index is 14.9. The number of carbonyl (C=O) groups is 1. The Labute approximate surface area is 159 Å². The van der Waals surface area contributed by atoms with Gasteiger partial charge in [0.1, 0.15) is 0 Å². The van der Waals surface area contributed by atoms with Gasteiger partial charge in [0.15, 0.2) is 5.82 Å². The second-order valence-electron chi connectivity index (χ2n) is 6.72. The van der Waals surface area contributed by atoms with E-state index in [4.69, 9.17) is 0 Å². The van der Waals surface area contributed by atoms with E-state index in [-0.39, 0.29) is 17.6 Å². The van der Waals surface area contributed by atoms with Gasteiger partial charge in [-0.2, -0.15) is 0 Å². The summed E-state index contributed by atoms with van der Waals surface area (Å²) >= 11 is 0. The lowest BCUT2D eigenvalue weighted by Crippen LogP contribution is -2.40. The second kappa shape index (κ2) is 8.27. The lowest BCUT2D eigenvalue weighted by atomic mass is 9.90. The third kappa shape index (κ3) is 3.98. The van der Waals surface area contributed by atoms with Crippen LogP contribution in [0.3, 0.4) is 0 Å². The molecule has 1 unspecified atom stereocenters. The van der Waals surface area contributed by atoms with Crippen molar-refractivity contribution in [1.29, 1.82) is 0 Å². The van der Waals surface area contributed by atoms with E-state index < -0.39 is 11.7 Å². The molecule has 1 heterocycles. The molecular formula is C22H24FN3O. The summed E-state index contributed by atoms with van der Waals surface area (Å²) in [6.45, 7) is 4.88. The monoisotopic (exact) mass is 365 g/mol. The van der Waals surface area contributed by atoms with Gasteiger partial charge in [0.05, 0.1) is 11.6 Å². The van der Waals surface area contributed by atoms with Crippen LogP contribution in [0.25, 0.3) is 10.8 Å². The molecule has 1 aromatic heterocycles. The Morgan fingerprint density at radius 2 is 1.93 bits per heavy atom. The van der Waals surface area contributed by atoms with Crippen molar-refractivity contribution in [2.45, 2.75) is 25.8 Å². The summed E-state index contributed by atoms with van der Waals surface area (Å²) in [5.74, 6) is -1.07. The third-order valence-electron chi connectivity index (χ3n) is 5.13. The van der Waals surface area contributed by atoms with Gasteiger partial charge < -0.3 is 10.2 Å². The molecule has 0 aliphatic heterocycles. The number of likely N-dealkylation sites (N-methyl/N-ethyl adjacent to an activating group) is 1. The normalized spacial score (nSPS) is 13.5. The van der Waals surface area contributed by atoms with Crippen LogP contribution in [0.2, 0.25) is 0 Å². The van der Waals surface area contributed by atoms with Crippen LogP contribution in [-0.4, -0.2) is 35.4 Å². The number of aromatic nitrogens is 1. The molecule has 0 aliphatic carbocycles. The van der Waals surface area contributed by atoms with Gasteiger partial charge in [-0.05, 0) is 38.2 Å². The highest BCUT2D eigenvalue weighted by atomic mass is 19.1. The first-order chi connectivity index (χ1) is 13.0. The minimum absolute atomic E-state index is 0.0369. The van der Waals surface area contributed by atoms with E-state index in [1.54, 1.807) is 30.6 Å². The van der Waals surface area contributed by atoms with Gasteiger partial charge in [0.2, 0.25) is 5.91 Å². The van der Waals surface area contributed by atoms with Crippen LogP contribution in [0.15, 0.2) is 60.9 Å². The fourth-order valence-corrected chi connectivity index (χ4v) is 3.29. The van der Waals surface area contributed by atoms with Gasteiger partial charge >= 0.3 is 0 Å². The van der Waals surface area contributed by atoms with E-state index in [1.165, 1.54) is 0 Å². The van der Waals surface area contributed by atoms with Crippen LogP contribution in [0.4, 0.5) is 10.1 Å². The van der Waals surface area contributed by atoms with Crippen LogP contribution < -0.4 is 5.32 Å². The number of nitrogens with one attached hydrogen (secondary N) is 1. The summed E-state index contributed by atoms with van der Waals surface area (Å²) in [6, 6.07) is 14.6. The number of fused-ring (bicyclic) bond motifs is 1. The quantitative estimate of drug-likeness (QED) is 0.703. The molecule has 3 aromatic rings. The number of hydrogen-bond acceptors (Lipinski definition) is 3. The van der Waals surface area contributed by atoms with Gasteiger partial charge in [0.25, 0.3) is 0 Å². The molecule has 0 radical (unpaired) electrons. The molecule has 0 aliphatic rings. The fourth-order valence-electron chi connectivity index (χ4n) is 3.29. The van der Waals surface area contributed by atoms with Gasteiger partial charge in [0, 0.05) is 29.2 Å². The van der Waals surface area contributed by atoms with Crippen molar-refractivity contribution in [3.05, 3.63) is 72.3 Å². The summed E-state index contributed by atoms with van der Waals surface area (Å²) in [7, 11) is 1.98. The zero-order valence-corrected chi connectivity index (χ0v) is 15.8. The topological polar surface area (TPSA) is 45.2 Å². The molecule has 2 atom stereocenters. The minimum atomic E-state index is -0.438. The first-order valence-corrected chi connectivity index (χ1v) is 9.11. The van der Waals surface area contributed by atoms with Gasteiger partial charge in [-0.3, -0.25) is 9.78 Å². The lowest BCUT2D eigenvalue weighted by molar-refractivity contribution is -0.118. The molecule has 0 spiro atoms. The number of halogens is 1. The zero-order valence-electron chi connectivity index (χ0n) is 15.8. The van der Waals surface area contributed by atoms with Crippen molar-refractivity contribution in [3.8, 4) is 0 Å². The van der Waals surface area contributed by atoms with E-state index in [0.29, 0.717) is 10.8 Å². The van der Waals surface area contributed by atoms with Crippen molar-refractivity contribution in [2.75, 3.05) is 18.9 Å². The van der Waals surface area contributed by atoms with E-state index in [1.807, 2.05) is 51.2 Å². The number of rotatable bonds is 6.